The third kappa shape index (κ3) is 4.72. The highest BCUT2D eigenvalue weighted by atomic mass is 16.4. The molecule has 2 aliphatic carbocycles. The van der Waals surface area contributed by atoms with Gasteiger partial charge in [0, 0.05) is 18.6 Å². The fourth-order valence-electron chi connectivity index (χ4n) is 3.29. The van der Waals surface area contributed by atoms with Crippen LogP contribution in [-0.4, -0.2) is 61.9 Å². The van der Waals surface area contributed by atoms with E-state index in [4.69, 9.17) is 5.11 Å². The van der Waals surface area contributed by atoms with Crippen LogP contribution in [-0.2, 0) is 10.3 Å². The minimum absolute atomic E-state index is 0.0570. The number of carboxylic acids is 1. The lowest BCUT2D eigenvalue weighted by Gasteiger charge is -2.42. The van der Waals surface area contributed by atoms with Gasteiger partial charge in [-0.1, -0.05) is 0 Å². The van der Waals surface area contributed by atoms with Gasteiger partial charge >= 0.3 is 12.0 Å². The van der Waals surface area contributed by atoms with Gasteiger partial charge in [-0.2, -0.15) is 10.1 Å². The molecule has 0 atom stereocenters. The Morgan fingerprint density at radius 2 is 2.04 bits per heavy atom. The fourth-order valence-corrected chi connectivity index (χ4v) is 3.29. The summed E-state index contributed by atoms with van der Waals surface area (Å²) in [6.45, 7) is 6.88. The summed E-state index contributed by atoms with van der Waals surface area (Å²) in [5.74, 6) is 0.266. The minimum Gasteiger partial charge on any atom is -0.480 e. The van der Waals surface area contributed by atoms with Gasteiger partial charge in [0.25, 0.3) is 0 Å². The number of hydrogen-bond acceptors (Lipinski definition) is 5. The Balaban J connectivity index is 1.46. The monoisotopic (exact) mass is 364 g/mol. The van der Waals surface area contributed by atoms with Crippen LogP contribution < -0.4 is 10.6 Å². The van der Waals surface area contributed by atoms with Crippen LogP contribution in [0, 0.1) is 5.92 Å². The van der Waals surface area contributed by atoms with Gasteiger partial charge in [0.2, 0.25) is 5.95 Å². The molecule has 2 aliphatic rings. The summed E-state index contributed by atoms with van der Waals surface area (Å²) in [4.78, 5) is 29.4. The summed E-state index contributed by atoms with van der Waals surface area (Å²) in [7, 11) is 0. The van der Waals surface area contributed by atoms with Crippen molar-refractivity contribution in [2.75, 3.05) is 18.4 Å². The molecule has 0 saturated heterocycles. The number of urea groups is 1. The van der Waals surface area contributed by atoms with Crippen molar-refractivity contribution in [1.82, 2.24) is 25.0 Å². The Morgan fingerprint density at radius 3 is 2.62 bits per heavy atom. The highest BCUT2D eigenvalue weighted by Gasteiger charge is 2.37. The molecule has 0 unspecified atom stereocenters. The summed E-state index contributed by atoms with van der Waals surface area (Å²) in [6, 6.07) is -0.0179. The first-order valence-corrected chi connectivity index (χ1v) is 9.16. The van der Waals surface area contributed by atoms with E-state index in [2.05, 4.69) is 20.7 Å². The molecule has 144 valence electrons. The standard InChI is InChI=1S/C17H28N6O3/c1-17(2,3)23-15(18-10-19-23)21-16(26)20-12-6-13(7-12)22(9-14(24)25)8-11-4-5-11/h10-13H,4-9H2,1-3H3,(H,24,25)(H2,18,19,20,21,26). The number of hydrogen-bond donors (Lipinski definition) is 3. The third-order valence-electron chi connectivity index (χ3n) is 4.90. The third-order valence-corrected chi connectivity index (χ3v) is 4.90. The van der Waals surface area contributed by atoms with Gasteiger partial charge in [0.05, 0.1) is 12.1 Å². The molecule has 2 fully saturated rings. The van der Waals surface area contributed by atoms with Crippen molar-refractivity contribution in [3.63, 3.8) is 0 Å². The van der Waals surface area contributed by atoms with E-state index in [9.17, 15) is 9.59 Å². The van der Waals surface area contributed by atoms with Crippen molar-refractivity contribution in [3.05, 3.63) is 6.33 Å². The second-order valence-electron chi connectivity index (χ2n) is 8.35. The van der Waals surface area contributed by atoms with Crippen LogP contribution >= 0.6 is 0 Å². The van der Waals surface area contributed by atoms with Gasteiger partial charge in [-0.25, -0.2) is 9.48 Å². The van der Waals surface area contributed by atoms with Crippen LogP contribution in [0.1, 0.15) is 46.5 Å². The maximum atomic E-state index is 12.2. The van der Waals surface area contributed by atoms with Gasteiger partial charge < -0.3 is 10.4 Å². The molecular formula is C17H28N6O3. The molecule has 0 aliphatic heterocycles. The molecule has 9 nitrogen and oxygen atoms in total. The first kappa shape index (κ1) is 18.6. The van der Waals surface area contributed by atoms with Gasteiger partial charge in [0.1, 0.15) is 6.33 Å². The summed E-state index contributed by atoms with van der Waals surface area (Å²) in [6.07, 6.45) is 5.36. The van der Waals surface area contributed by atoms with Crippen molar-refractivity contribution < 1.29 is 14.7 Å². The number of aromatic nitrogens is 3. The molecular weight excluding hydrogens is 336 g/mol. The predicted octanol–water partition coefficient (Wildman–Crippen LogP) is 1.48. The number of carbonyl (C=O) groups excluding carboxylic acids is 1. The maximum absolute atomic E-state index is 12.2. The van der Waals surface area contributed by atoms with E-state index in [1.165, 1.54) is 19.2 Å². The van der Waals surface area contributed by atoms with E-state index < -0.39 is 5.97 Å². The molecule has 3 rings (SSSR count). The van der Waals surface area contributed by atoms with E-state index in [0.29, 0.717) is 11.9 Å². The molecule has 0 spiro atoms. The molecule has 26 heavy (non-hydrogen) atoms. The fraction of sp³-hybridized carbons (Fsp3) is 0.765. The van der Waals surface area contributed by atoms with Crippen molar-refractivity contribution in [2.24, 2.45) is 5.92 Å². The number of amides is 2. The molecule has 2 amide bonds. The Bertz CT molecular complexity index is 658. The van der Waals surface area contributed by atoms with E-state index in [-0.39, 0.29) is 30.2 Å². The first-order chi connectivity index (χ1) is 12.2. The van der Waals surface area contributed by atoms with Crippen molar-refractivity contribution >= 4 is 17.9 Å². The van der Waals surface area contributed by atoms with Gasteiger partial charge in [-0.3, -0.25) is 15.0 Å². The zero-order valence-electron chi connectivity index (χ0n) is 15.6. The van der Waals surface area contributed by atoms with Gasteiger partial charge in [-0.15, -0.1) is 0 Å². The molecule has 9 heteroatoms. The summed E-state index contributed by atoms with van der Waals surface area (Å²) < 4.78 is 1.67. The summed E-state index contributed by atoms with van der Waals surface area (Å²) >= 11 is 0. The normalized spacial score (nSPS) is 22.8. The maximum Gasteiger partial charge on any atom is 0.321 e. The molecule has 3 N–H and O–H groups in total. The average Bonchev–Trinajstić information content (AvgIpc) is 3.15. The van der Waals surface area contributed by atoms with Gasteiger partial charge in [-0.05, 0) is 52.4 Å². The molecule has 0 bridgehead atoms. The number of carbonyl (C=O) groups is 2. The lowest BCUT2D eigenvalue weighted by molar-refractivity contribution is -0.139. The number of nitrogens with one attached hydrogen (secondary N) is 2. The SMILES string of the molecule is CC(C)(C)n1ncnc1NC(=O)NC1CC(N(CC(=O)O)CC2CC2)C1. The molecule has 0 aromatic carbocycles. The highest BCUT2D eigenvalue weighted by Crippen LogP contribution is 2.33. The highest BCUT2D eigenvalue weighted by molar-refractivity contribution is 5.87. The first-order valence-electron chi connectivity index (χ1n) is 9.16. The van der Waals surface area contributed by atoms with E-state index in [1.807, 2.05) is 25.7 Å². The summed E-state index contributed by atoms with van der Waals surface area (Å²) in [5.41, 5.74) is -0.277. The van der Waals surface area contributed by atoms with Gasteiger partial charge in [0.15, 0.2) is 0 Å². The zero-order chi connectivity index (χ0) is 18.9. The molecule has 1 aromatic heterocycles. The molecule has 1 heterocycles. The molecule has 1 aromatic rings. The lowest BCUT2D eigenvalue weighted by atomic mass is 9.85. The average molecular weight is 364 g/mol. The number of anilines is 1. The second-order valence-corrected chi connectivity index (χ2v) is 8.35. The second kappa shape index (κ2) is 7.22. The van der Waals surface area contributed by atoms with Crippen molar-refractivity contribution in [1.29, 1.82) is 0 Å². The van der Waals surface area contributed by atoms with Crippen LogP contribution in [0.5, 0.6) is 0 Å². The Kier molecular flexibility index (Phi) is 5.17. The van der Waals surface area contributed by atoms with Crippen LogP contribution in [0.25, 0.3) is 0 Å². The number of aliphatic carboxylic acids is 1. The zero-order valence-corrected chi connectivity index (χ0v) is 15.6. The Morgan fingerprint density at radius 1 is 1.35 bits per heavy atom. The van der Waals surface area contributed by atoms with Crippen LogP contribution in [0.3, 0.4) is 0 Å². The predicted molar refractivity (Wildman–Crippen MR) is 95.9 cm³/mol. The number of rotatable bonds is 7. The topological polar surface area (TPSA) is 112 Å². The quantitative estimate of drug-likeness (QED) is 0.676. The largest absolute Gasteiger partial charge is 0.480 e. The van der Waals surface area contributed by atoms with E-state index in [1.54, 1.807) is 4.68 Å². The van der Waals surface area contributed by atoms with Crippen LogP contribution in [0.4, 0.5) is 10.7 Å². The van der Waals surface area contributed by atoms with Crippen LogP contribution in [0.15, 0.2) is 6.33 Å². The summed E-state index contributed by atoms with van der Waals surface area (Å²) in [5, 5.41) is 18.9. The minimum atomic E-state index is -0.790. The Hall–Kier alpha value is -2.16. The number of nitrogens with zero attached hydrogens (tertiary/aromatic N) is 4. The van der Waals surface area contributed by atoms with Crippen molar-refractivity contribution in [2.45, 2.75) is 64.1 Å². The lowest BCUT2D eigenvalue weighted by Crippen LogP contribution is -2.56. The molecule has 0 radical (unpaired) electrons. The van der Waals surface area contributed by atoms with Crippen LogP contribution in [0.2, 0.25) is 0 Å². The number of carboxylic acid groups (broad SMARTS) is 1. The molecule has 2 saturated carbocycles. The van der Waals surface area contributed by atoms with Crippen molar-refractivity contribution in [3.8, 4) is 0 Å². The smallest absolute Gasteiger partial charge is 0.321 e. The van der Waals surface area contributed by atoms with E-state index >= 15 is 0 Å². The van der Waals surface area contributed by atoms with E-state index in [0.717, 1.165) is 19.4 Å². The Labute approximate surface area is 153 Å².